The van der Waals surface area contributed by atoms with Gasteiger partial charge in [0.05, 0.1) is 11.3 Å². The monoisotopic (exact) mass is 353 g/mol. The number of pyridine rings is 1. The number of aliphatic carboxylic acids is 1. The molecule has 2 aromatic heterocycles. The summed E-state index contributed by atoms with van der Waals surface area (Å²) in [7, 11) is 0. The van der Waals surface area contributed by atoms with E-state index >= 15 is 0 Å². The number of nitrogens with one attached hydrogen (secondary N) is 2. The van der Waals surface area contributed by atoms with Crippen LogP contribution in [0.4, 0.5) is 5.69 Å². The van der Waals surface area contributed by atoms with E-state index in [1.807, 2.05) is 12.3 Å². The summed E-state index contributed by atoms with van der Waals surface area (Å²) in [6, 6.07) is 2.30. The molecule has 2 aromatic rings. The number of rotatable bonds is 4. The molecule has 2 unspecified atom stereocenters. The van der Waals surface area contributed by atoms with Crippen molar-refractivity contribution in [3.63, 3.8) is 0 Å². The predicted octanol–water partition coefficient (Wildman–Crippen LogP) is 3.01. The highest BCUT2D eigenvalue weighted by atomic mass is 16.4. The molecule has 0 radical (unpaired) electrons. The molecule has 0 spiro atoms. The molecule has 6 rings (SSSR count). The SMILES string of the molecule is O=C(O)/C=C/c1cnc2[nH]ccc2c1N[C@H]1C2CC3CC1C[C@@](O)(C3)C2. The number of carboxylic acid groups (broad SMARTS) is 1. The number of hydrogen-bond acceptors (Lipinski definition) is 4. The van der Waals surface area contributed by atoms with Crippen molar-refractivity contribution in [2.45, 2.75) is 43.7 Å². The lowest BCUT2D eigenvalue weighted by molar-refractivity contribution is -0.131. The molecule has 2 heterocycles. The summed E-state index contributed by atoms with van der Waals surface area (Å²) in [4.78, 5) is 18.5. The Labute approximate surface area is 151 Å². The van der Waals surface area contributed by atoms with Crippen LogP contribution in [0.2, 0.25) is 0 Å². The number of aromatic nitrogens is 2. The van der Waals surface area contributed by atoms with E-state index in [0.29, 0.717) is 23.8 Å². The summed E-state index contributed by atoms with van der Waals surface area (Å²) in [5.41, 5.74) is 2.06. The van der Waals surface area contributed by atoms with Crippen LogP contribution in [0.5, 0.6) is 0 Å². The molecule has 4 aliphatic rings. The van der Waals surface area contributed by atoms with Crippen LogP contribution in [-0.4, -0.2) is 37.8 Å². The Morgan fingerprint density at radius 2 is 2.08 bits per heavy atom. The minimum absolute atomic E-state index is 0.323. The van der Waals surface area contributed by atoms with Crippen molar-refractivity contribution in [3.05, 3.63) is 30.1 Å². The molecule has 4 fully saturated rings. The van der Waals surface area contributed by atoms with Crippen molar-refractivity contribution in [1.82, 2.24) is 9.97 Å². The Kier molecular flexibility index (Phi) is 3.41. The first-order valence-electron chi connectivity index (χ1n) is 9.37. The Balaban J connectivity index is 1.52. The summed E-state index contributed by atoms with van der Waals surface area (Å²) < 4.78 is 0. The molecule has 26 heavy (non-hydrogen) atoms. The molecule has 0 aromatic carbocycles. The van der Waals surface area contributed by atoms with E-state index in [0.717, 1.165) is 47.6 Å². The van der Waals surface area contributed by atoms with Gasteiger partial charge in [0, 0.05) is 35.5 Å². The molecule has 0 saturated heterocycles. The maximum Gasteiger partial charge on any atom is 0.328 e. The maximum absolute atomic E-state index is 11.0. The van der Waals surface area contributed by atoms with E-state index < -0.39 is 11.6 Å². The van der Waals surface area contributed by atoms with Gasteiger partial charge in [-0.25, -0.2) is 9.78 Å². The van der Waals surface area contributed by atoms with Crippen LogP contribution >= 0.6 is 0 Å². The van der Waals surface area contributed by atoms with Gasteiger partial charge in [-0.3, -0.25) is 0 Å². The number of aromatic amines is 1. The average Bonchev–Trinajstić information content (AvgIpc) is 3.04. The highest BCUT2D eigenvalue weighted by Crippen LogP contribution is 2.56. The molecule has 4 N–H and O–H groups in total. The lowest BCUT2D eigenvalue weighted by Gasteiger charge is -2.58. The number of hydrogen-bond donors (Lipinski definition) is 4. The Bertz CT molecular complexity index is 887. The third-order valence-corrected chi connectivity index (χ3v) is 6.57. The average molecular weight is 353 g/mol. The van der Waals surface area contributed by atoms with E-state index in [-0.39, 0.29) is 0 Å². The predicted molar refractivity (Wildman–Crippen MR) is 98.7 cm³/mol. The Morgan fingerprint density at radius 3 is 2.77 bits per heavy atom. The lowest BCUT2D eigenvalue weighted by atomic mass is 9.52. The minimum atomic E-state index is -0.970. The van der Waals surface area contributed by atoms with Crippen LogP contribution in [0.25, 0.3) is 17.1 Å². The first-order chi connectivity index (χ1) is 12.5. The van der Waals surface area contributed by atoms with Crippen LogP contribution in [-0.2, 0) is 4.79 Å². The Morgan fingerprint density at radius 1 is 1.31 bits per heavy atom. The maximum atomic E-state index is 11.0. The minimum Gasteiger partial charge on any atom is -0.478 e. The first kappa shape index (κ1) is 15.9. The summed E-state index contributed by atoms with van der Waals surface area (Å²) >= 11 is 0. The van der Waals surface area contributed by atoms with Gasteiger partial charge in [-0.2, -0.15) is 0 Å². The van der Waals surface area contributed by atoms with Gasteiger partial charge in [0.25, 0.3) is 0 Å². The molecule has 6 nitrogen and oxygen atoms in total. The van der Waals surface area contributed by atoms with Crippen LogP contribution in [0.3, 0.4) is 0 Å². The molecule has 4 bridgehead atoms. The fourth-order valence-corrected chi connectivity index (χ4v) is 5.86. The van der Waals surface area contributed by atoms with E-state index in [9.17, 15) is 9.90 Å². The van der Waals surface area contributed by atoms with E-state index in [1.54, 1.807) is 12.3 Å². The van der Waals surface area contributed by atoms with Gasteiger partial charge in [-0.1, -0.05) is 0 Å². The number of carbonyl (C=O) groups is 1. The van der Waals surface area contributed by atoms with Crippen molar-refractivity contribution in [2.75, 3.05) is 5.32 Å². The van der Waals surface area contributed by atoms with Crippen LogP contribution < -0.4 is 5.32 Å². The van der Waals surface area contributed by atoms with E-state index in [4.69, 9.17) is 5.11 Å². The second kappa shape index (κ2) is 5.58. The summed E-state index contributed by atoms with van der Waals surface area (Å²) in [5, 5.41) is 24.5. The number of H-pyrrole nitrogens is 1. The highest BCUT2D eigenvalue weighted by molar-refractivity contribution is 5.96. The Hall–Kier alpha value is -2.34. The molecular formula is C20H23N3O3. The fourth-order valence-electron chi connectivity index (χ4n) is 5.86. The van der Waals surface area contributed by atoms with Gasteiger partial charge in [0.2, 0.25) is 0 Å². The topological polar surface area (TPSA) is 98.2 Å². The molecule has 4 saturated carbocycles. The zero-order valence-electron chi connectivity index (χ0n) is 14.5. The fraction of sp³-hybridized carbons (Fsp3) is 0.500. The first-order valence-corrected chi connectivity index (χ1v) is 9.37. The van der Waals surface area contributed by atoms with Gasteiger partial charge >= 0.3 is 5.97 Å². The summed E-state index contributed by atoms with van der Waals surface area (Å²) in [6.07, 6.45) is 11.4. The molecule has 0 aliphatic heterocycles. The van der Waals surface area contributed by atoms with Gasteiger partial charge in [0.15, 0.2) is 0 Å². The number of aliphatic hydroxyl groups is 1. The van der Waals surface area contributed by atoms with Gasteiger partial charge < -0.3 is 20.5 Å². The molecule has 6 heteroatoms. The normalized spacial score (nSPS) is 35.4. The summed E-state index contributed by atoms with van der Waals surface area (Å²) in [5.74, 6) is 0.642. The zero-order valence-corrected chi connectivity index (χ0v) is 14.5. The lowest BCUT2D eigenvalue weighted by Crippen LogP contribution is -2.59. The third-order valence-electron chi connectivity index (χ3n) is 6.57. The third kappa shape index (κ3) is 2.51. The highest BCUT2D eigenvalue weighted by Gasteiger charge is 2.54. The van der Waals surface area contributed by atoms with Crippen molar-refractivity contribution in [1.29, 1.82) is 0 Å². The number of fused-ring (bicyclic) bond motifs is 1. The van der Waals surface area contributed by atoms with Crippen molar-refractivity contribution in [3.8, 4) is 0 Å². The van der Waals surface area contributed by atoms with E-state index in [1.165, 1.54) is 12.8 Å². The smallest absolute Gasteiger partial charge is 0.328 e. The van der Waals surface area contributed by atoms with Crippen molar-refractivity contribution < 1.29 is 15.0 Å². The van der Waals surface area contributed by atoms with Crippen LogP contribution in [0.15, 0.2) is 24.5 Å². The number of carboxylic acids is 1. The van der Waals surface area contributed by atoms with Gasteiger partial charge in [-0.05, 0) is 62.0 Å². The van der Waals surface area contributed by atoms with Crippen molar-refractivity contribution in [2.24, 2.45) is 17.8 Å². The van der Waals surface area contributed by atoms with Gasteiger partial charge in [-0.15, -0.1) is 0 Å². The number of anilines is 1. The molecule has 4 aliphatic carbocycles. The molecule has 0 amide bonds. The van der Waals surface area contributed by atoms with Gasteiger partial charge in [0.1, 0.15) is 5.65 Å². The number of nitrogens with zero attached hydrogens (tertiary/aromatic N) is 1. The summed E-state index contributed by atoms with van der Waals surface area (Å²) in [6.45, 7) is 0. The zero-order chi connectivity index (χ0) is 17.9. The molecule has 2 atom stereocenters. The second-order valence-electron chi connectivity index (χ2n) is 8.36. The standard InChI is InChI=1S/C20H23N3O3/c24-16(25)2-1-12-10-22-19-15(3-4-21-19)18(12)23-17-13-5-11-6-14(17)9-20(26,7-11)8-13/h1-4,10-11,13-14,17,26H,5-9H2,(H,24,25)(H2,21,22,23)/b2-1+/t11?,13?,14?,17-,20+. The van der Waals surface area contributed by atoms with Crippen molar-refractivity contribution >= 4 is 28.8 Å². The largest absolute Gasteiger partial charge is 0.478 e. The second-order valence-corrected chi connectivity index (χ2v) is 8.36. The molecular weight excluding hydrogens is 330 g/mol. The quantitative estimate of drug-likeness (QED) is 0.634. The van der Waals surface area contributed by atoms with Crippen LogP contribution in [0.1, 0.15) is 37.7 Å². The van der Waals surface area contributed by atoms with Crippen LogP contribution in [0, 0.1) is 17.8 Å². The molecule has 136 valence electrons. The van der Waals surface area contributed by atoms with E-state index in [2.05, 4.69) is 15.3 Å².